The molecule has 2 atom stereocenters. The van der Waals surface area contributed by atoms with Crippen LogP contribution < -0.4 is 10.6 Å². The molecule has 2 N–H and O–H groups in total. The number of carbonyl (C=O) groups excluding carboxylic acids is 3. The summed E-state index contributed by atoms with van der Waals surface area (Å²) in [7, 11) is 0. The highest BCUT2D eigenvalue weighted by Gasteiger charge is 2.37. The topological polar surface area (TPSA) is 112 Å². The third-order valence-corrected chi connectivity index (χ3v) is 6.70. The Kier molecular flexibility index (Phi) is 10.7. The van der Waals surface area contributed by atoms with Gasteiger partial charge in [-0.05, 0) is 64.3 Å². The number of nitriles is 1. The Morgan fingerprint density at radius 2 is 1.62 bits per heavy atom. The Bertz CT molecular complexity index is 1440. The molecule has 0 aliphatic heterocycles. The number of hydrogen-bond acceptors (Lipinski definition) is 5. The van der Waals surface area contributed by atoms with Gasteiger partial charge in [0.2, 0.25) is 5.91 Å². The standard InChI is InChI=1S/C33H37ClN4O4/c1-21-17-22(2)19-25(18-21)29(30(39)37-28-23(3)11-10-14-26(28)34)38(16-15-35)31(40)27(20-24-12-8-7-9-13-24)36-32(41)42-33(4,5)6/h7-14,17-19,27,29H,16,20H2,1-6H3,(H,36,41)(H,37,39). The number of nitrogens with one attached hydrogen (secondary N) is 2. The Labute approximate surface area is 252 Å². The third-order valence-electron chi connectivity index (χ3n) is 6.39. The van der Waals surface area contributed by atoms with E-state index in [4.69, 9.17) is 16.3 Å². The van der Waals surface area contributed by atoms with Gasteiger partial charge >= 0.3 is 6.09 Å². The van der Waals surface area contributed by atoms with E-state index in [0.29, 0.717) is 16.3 Å². The molecule has 2 unspecified atom stereocenters. The van der Waals surface area contributed by atoms with Crippen molar-refractivity contribution in [3.05, 3.63) is 99.6 Å². The number of anilines is 1. The Balaban J connectivity index is 2.10. The van der Waals surface area contributed by atoms with Crippen molar-refractivity contribution in [2.45, 2.75) is 65.6 Å². The molecule has 0 bridgehead atoms. The van der Waals surface area contributed by atoms with Crippen molar-refractivity contribution in [2.75, 3.05) is 11.9 Å². The van der Waals surface area contributed by atoms with E-state index >= 15 is 0 Å². The van der Waals surface area contributed by atoms with Crippen LogP contribution in [0.25, 0.3) is 0 Å². The van der Waals surface area contributed by atoms with Gasteiger partial charge in [0.05, 0.1) is 16.8 Å². The molecule has 0 aliphatic carbocycles. The second kappa shape index (κ2) is 14.0. The number of para-hydroxylation sites is 1. The minimum Gasteiger partial charge on any atom is -0.444 e. The van der Waals surface area contributed by atoms with Gasteiger partial charge in [0.25, 0.3) is 5.91 Å². The number of carbonyl (C=O) groups is 3. The number of ether oxygens (including phenoxy) is 1. The summed E-state index contributed by atoms with van der Waals surface area (Å²) in [6, 6.07) is 19.7. The van der Waals surface area contributed by atoms with E-state index < -0.39 is 42.1 Å². The molecule has 0 aromatic heterocycles. The normalized spacial score (nSPS) is 12.4. The lowest BCUT2D eigenvalue weighted by atomic mass is 9.97. The lowest BCUT2D eigenvalue weighted by Crippen LogP contribution is -2.53. The van der Waals surface area contributed by atoms with Crippen molar-refractivity contribution in [1.82, 2.24) is 10.2 Å². The molecule has 0 saturated heterocycles. The highest BCUT2D eigenvalue weighted by atomic mass is 35.5. The average Bonchev–Trinajstić information content (AvgIpc) is 2.89. The minimum atomic E-state index is -1.20. The first-order valence-corrected chi connectivity index (χ1v) is 14.0. The fourth-order valence-electron chi connectivity index (χ4n) is 4.69. The Hall–Kier alpha value is -4.35. The molecule has 3 rings (SSSR count). The first-order chi connectivity index (χ1) is 19.8. The van der Waals surface area contributed by atoms with Gasteiger partial charge in [0.15, 0.2) is 0 Å². The number of halogens is 1. The number of amides is 3. The van der Waals surface area contributed by atoms with Crippen molar-refractivity contribution in [3.63, 3.8) is 0 Å². The summed E-state index contributed by atoms with van der Waals surface area (Å²) in [5, 5.41) is 15.8. The summed E-state index contributed by atoms with van der Waals surface area (Å²) in [6.45, 7) is 10.4. The summed E-state index contributed by atoms with van der Waals surface area (Å²) < 4.78 is 5.45. The van der Waals surface area contributed by atoms with Crippen LogP contribution in [0.3, 0.4) is 0 Å². The van der Waals surface area contributed by atoms with E-state index in [-0.39, 0.29) is 6.42 Å². The van der Waals surface area contributed by atoms with Crippen LogP contribution in [-0.4, -0.2) is 41.0 Å². The lowest BCUT2D eigenvalue weighted by molar-refractivity contribution is -0.140. The van der Waals surface area contributed by atoms with Gasteiger partial charge in [0, 0.05) is 6.42 Å². The van der Waals surface area contributed by atoms with Gasteiger partial charge in [0.1, 0.15) is 24.2 Å². The fourth-order valence-corrected chi connectivity index (χ4v) is 4.96. The van der Waals surface area contributed by atoms with E-state index in [9.17, 15) is 19.6 Å². The molecule has 0 saturated carbocycles. The number of nitrogens with zero attached hydrogens (tertiary/aromatic N) is 2. The van der Waals surface area contributed by atoms with Gasteiger partial charge in [-0.25, -0.2) is 4.79 Å². The smallest absolute Gasteiger partial charge is 0.408 e. The number of benzene rings is 3. The molecule has 3 amide bonds. The number of aryl methyl sites for hydroxylation is 3. The Morgan fingerprint density at radius 3 is 2.19 bits per heavy atom. The van der Waals surface area contributed by atoms with E-state index in [1.807, 2.05) is 81.4 Å². The molecule has 0 fully saturated rings. The summed E-state index contributed by atoms with van der Waals surface area (Å²) in [5.74, 6) is -1.16. The predicted octanol–water partition coefficient (Wildman–Crippen LogP) is 6.43. The summed E-state index contributed by atoms with van der Waals surface area (Å²) in [4.78, 5) is 42.4. The first-order valence-electron chi connectivity index (χ1n) is 13.6. The predicted molar refractivity (Wildman–Crippen MR) is 164 cm³/mol. The zero-order chi connectivity index (χ0) is 31.0. The second-order valence-electron chi connectivity index (χ2n) is 11.3. The van der Waals surface area contributed by atoms with Gasteiger partial charge < -0.3 is 20.3 Å². The molecule has 9 heteroatoms. The van der Waals surface area contributed by atoms with Gasteiger partial charge in [-0.15, -0.1) is 0 Å². The van der Waals surface area contributed by atoms with Crippen LogP contribution in [0.4, 0.5) is 10.5 Å². The second-order valence-corrected chi connectivity index (χ2v) is 11.7. The van der Waals surface area contributed by atoms with Crippen molar-refractivity contribution >= 4 is 35.2 Å². The van der Waals surface area contributed by atoms with E-state index in [1.54, 1.807) is 32.9 Å². The van der Waals surface area contributed by atoms with Crippen LogP contribution in [0.2, 0.25) is 5.02 Å². The molecule has 0 heterocycles. The lowest BCUT2D eigenvalue weighted by Gasteiger charge is -2.33. The van der Waals surface area contributed by atoms with E-state index in [1.165, 1.54) is 4.90 Å². The SMILES string of the molecule is Cc1cc(C)cc(C(C(=O)Nc2c(C)cccc2Cl)N(CC#N)C(=O)C(Cc2ccccc2)NC(=O)OC(C)(C)C)c1. The van der Waals surface area contributed by atoms with Gasteiger partial charge in [-0.1, -0.05) is 83.4 Å². The number of alkyl carbamates (subject to hydrolysis) is 1. The van der Waals surface area contributed by atoms with Crippen LogP contribution in [0, 0.1) is 32.1 Å². The van der Waals surface area contributed by atoms with Crippen molar-refractivity contribution in [3.8, 4) is 6.07 Å². The number of rotatable bonds is 9. The monoisotopic (exact) mass is 588 g/mol. The molecular weight excluding hydrogens is 552 g/mol. The maximum Gasteiger partial charge on any atom is 0.408 e. The van der Waals surface area contributed by atoms with Crippen LogP contribution >= 0.6 is 11.6 Å². The maximum absolute atomic E-state index is 14.3. The quantitative estimate of drug-likeness (QED) is 0.280. The average molecular weight is 589 g/mol. The number of hydrogen-bond donors (Lipinski definition) is 2. The minimum absolute atomic E-state index is 0.117. The third kappa shape index (κ3) is 8.82. The van der Waals surface area contributed by atoms with Crippen molar-refractivity contribution in [2.24, 2.45) is 0 Å². The molecule has 0 aliphatic rings. The summed E-state index contributed by atoms with van der Waals surface area (Å²) >= 11 is 6.42. The largest absolute Gasteiger partial charge is 0.444 e. The van der Waals surface area contributed by atoms with Crippen LogP contribution in [0.5, 0.6) is 0 Å². The van der Waals surface area contributed by atoms with Gasteiger partial charge in [-0.2, -0.15) is 5.26 Å². The molecule has 220 valence electrons. The first kappa shape index (κ1) is 32.2. The fraction of sp³-hybridized carbons (Fsp3) is 0.333. The molecule has 0 radical (unpaired) electrons. The molecule has 3 aromatic carbocycles. The molecule has 8 nitrogen and oxygen atoms in total. The van der Waals surface area contributed by atoms with E-state index in [0.717, 1.165) is 22.3 Å². The summed E-state index contributed by atoms with van der Waals surface area (Å²) in [5.41, 5.74) is 3.42. The molecular formula is C33H37ClN4O4. The van der Waals surface area contributed by atoms with Crippen LogP contribution in [0.15, 0.2) is 66.7 Å². The Morgan fingerprint density at radius 1 is 0.976 bits per heavy atom. The summed E-state index contributed by atoms with van der Waals surface area (Å²) in [6.07, 6.45) is -0.668. The molecule has 0 spiro atoms. The maximum atomic E-state index is 14.3. The zero-order valence-electron chi connectivity index (χ0n) is 24.8. The van der Waals surface area contributed by atoms with Crippen LogP contribution in [0.1, 0.15) is 54.6 Å². The van der Waals surface area contributed by atoms with Gasteiger partial charge in [-0.3, -0.25) is 9.59 Å². The van der Waals surface area contributed by atoms with Crippen molar-refractivity contribution in [1.29, 1.82) is 5.26 Å². The highest BCUT2D eigenvalue weighted by Crippen LogP contribution is 2.30. The highest BCUT2D eigenvalue weighted by molar-refractivity contribution is 6.34. The molecule has 3 aromatic rings. The zero-order valence-corrected chi connectivity index (χ0v) is 25.6. The van der Waals surface area contributed by atoms with Crippen molar-refractivity contribution < 1.29 is 19.1 Å². The van der Waals surface area contributed by atoms with Crippen LogP contribution in [-0.2, 0) is 20.7 Å². The molecule has 42 heavy (non-hydrogen) atoms. The van der Waals surface area contributed by atoms with E-state index in [2.05, 4.69) is 10.6 Å².